The maximum atomic E-state index is 12.4. The molecule has 0 radical (unpaired) electrons. The molecule has 6 heteroatoms. The number of rotatable bonds is 2. The standard InChI is InChI=1S/C8H4BrClF2N2/c9-6-1-4(2-10)14-7(8(11)12)5(6)3-13/h1,8H,2H2. The quantitative estimate of drug-likeness (QED) is 0.779. The third-order valence-electron chi connectivity index (χ3n) is 1.51. The van der Waals surface area contributed by atoms with Gasteiger partial charge in [-0.15, -0.1) is 11.6 Å². The van der Waals surface area contributed by atoms with Crippen LogP contribution < -0.4 is 0 Å². The topological polar surface area (TPSA) is 36.7 Å². The van der Waals surface area contributed by atoms with Gasteiger partial charge in [-0.25, -0.2) is 13.8 Å². The Kier molecular flexibility index (Phi) is 3.78. The minimum Gasteiger partial charge on any atom is -0.249 e. The van der Waals surface area contributed by atoms with Crippen LogP contribution in [0.1, 0.15) is 23.4 Å². The molecule has 1 heterocycles. The molecule has 2 nitrogen and oxygen atoms in total. The van der Waals surface area contributed by atoms with E-state index < -0.39 is 12.1 Å². The summed E-state index contributed by atoms with van der Waals surface area (Å²) >= 11 is 8.47. The fourth-order valence-electron chi connectivity index (χ4n) is 0.921. The van der Waals surface area contributed by atoms with Crippen LogP contribution in [-0.4, -0.2) is 4.98 Å². The van der Waals surface area contributed by atoms with Gasteiger partial charge in [0.2, 0.25) is 0 Å². The molecule has 0 amide bonds. The highest BCUT2D eigenvalue weighted by Gasteiger charge is 2.18. The van der Waals surface area contributed by atoms with Crippen molar-refractivity contribution >= 4 is 27.5 Å². The van der Waals surface area contributed by atoms with Gasteiger partial charge in [-0.2, -0.15) is 5.26 Å². The molecule has 0 bridgehead atoms. The molecule has 0 unspecified atom stereocenters. The van der Waals surface area contributed by atoms with Gasteiger partial charge in [-0.05, 0) is 22.0 Å². The van der Waals surface area contributed by atoms with E-state index in [1.54, 1.807) is 6.07 Å². The number of pyridine rings is 1. The average Bonchev–Trinajstić information content (AvgIpc) is 2.16. The van der Waals surface area contributed by atoms with Crippen LogP contribution in [0.4, 0.5) is 8.78 Å². The van der Waals surface area contributed by atoms with Crippen LogP contribution in [0.15, 0.2) is 10.5 Å². The summed E-state index contributed by atoms with van der Waals surface area (Å²) in [5.74, 6) is 0.0318. The van der Waals surface area contributed by atoms with Crippen LogP contribution in [0, 0.1) is 11.3 Å². The van der Waals surface area contributed by atoms with Gasteiger partial charge in [0.15, 0.2) is 0 Å². The van der Waals surface area contributed by atoms with Crippen molar-refractivity contribution in [1.29, 1.82) is 5.26 Å². The van der Waals surface area contributed by atoms with Gasteiger partial charge < -0.3 is 0 Å². The number of halogens is 4. The van der Waals surface area contributed by atoms with E-state index in [9.17, 15) is 8.78 Å². The fraction of sp³-hybridized carbons (Fsp3) is 0.250. The van der Waals surface area contributed by atoms with Crippen molar-refractivity contribution in [2.75, 3.05) is 0 Å². The van der Waals surface area contributed by atoms with Crippen LogP contribution in [0.25, 0.3) is 0 Å². The first kappa shape index (κ1) is 11.3. The van der Waals surface area contributed by atoms with Crippen LogP contribution in [0.3, 0.4) is 0 Å². The molecular weight excluding hydrogens is 277 g/mol. The molecule has 1 aromatic heterocycles. The molecule has 74 valence electrons. The molecule has 0 saturated heterocycles. The van der Waals surface area contributed by atoms with E-state index in [4.69, 9.17) is 16.9 Å². The Morgan fingerprint density at radius 3 is 2.71 bits per heavy atom. The minimum atomic E-state index is -2.77. The molecule has 0 spiro atoms. The molecule has 0 aliphatic carbocycles. The van der Waals surface area contributed by atoms with Gasteiger partial charge in [0.1, 0.15) is 11.8 Å². The van der Waals surface area contributed by atoms with Crippen molar-refractivity contribution in [2.45, 2.75) is 12.3 Å². The van der Waals surface area contributed by atoms with Gasteiger partial charge >= 0.3 is 0 Å². The summed E-state index contributed by atoms with van der Waals surface area (Å²) in [6.07, 6.45) is -2.77. The molecule has 0 saturated carbocycles. The maximum absolute atomic E-state index is 12.4. The molecule has 1 rings (SSSR count). The number of hydrogen-bond acceptors (Lipinski definition) is 2. The molecular formula is C8H4BrClF2N2. The lowest BCUT2D eigenvalue weighted by atomic mass is 10.2. The van der Waals surface area contributed by atoms with Gasteiger partial charge in [0.05, 0.1) is 17.1 Å². The van der Waals surface area contributed by atoms with E-state index in [1.165, 1.54) is 6.07 Å². The normalized spacial score (nSPS) is 10.3. The fourth-order valence-corrected chi connectivity index (χ4v) is 1.61. The number of aromatic nitrogens is 1. The molecule has 0 aliphatic rings. The summed E-state index contributed by atoms with van der Waals surface area (Å²) < 4.78 is 25.2. The van der Waals surface area contributed by atoms with E-state index in [0.29, 0.717) is 10.2 Å². The summed E-state index contributed by atoms with van der Waals surface area (Å²) in [6, 6.07) is 3.12. The Bertz CT molecular complexity index is 390. The van der Waals surface area contributed by atoms with E-state index in [-0.39, 0.29) is 11.4 Å². The van der Waals surface area contributed by atoms with Crippen LogP contribution in [-0.2, 0) is 5.88 Å². The van der Waals surface area contributed by atoms with Crippen LogP contribution >= 0.6 is 27.5 Å². The van der Waals surface area contributed by atoms with Gasteiger partial charge in [-0.1, -0.05) is 0 Å². The van der Waals surface area contributed by atoms with Gasteiger partial charge in [0.25, 0.3) is 6.43 Å². The molecule has 0 aromatic carbocycles. The molecule has 0 fully saturated rings. The SMILES string of the molecule is N#Cc1c(Br)cc(CCl)nc1C(F)F. The highest BCUT2D eigenvalue weighted by molar-refractivity contribution is 9.10. The van der Waals surface area contributed by atoms with Gasteiger partial charge in [-0.3, -0.25) is 0 Å². The van der Waals surface area contributed by atoms with Crippen molar-refractivity contribution in [3.05, 3.63) is 27.5 Å². The average molecular weight is 281 g/mol. The zero-order valence-corrected chi connectivity index (χ0v) is 9.11. The Morgan fingerprint density at radius 2 is 2.29 bits per heavy atom. The second-order valence-corrected chi connectivity index (χ2v) is 3.52. The van der Waals surface area contributed by atoms with E-state index >= 15 is 0 Å². The van der Waals surface area contributed by atoms with Gasteiger partial charge in [0, 0.05) is 4.47 Å². The second kappa shape index (κ2) is 4.67. The molecule has 0 atom stereocenters. The Hall–Kier alpha value is -0.730. The summed E-state index contributed by atoms with van der Waals surface area (Å²) in [6.45, 7) is 0. The number of hydrogen-bond donors (Lipinski definition) is 0. The monoisotopic (exact) mass is 280 g/mol. The molecule has 14 heavy (non-hydrogen) atoms. The summed E-state index contributed by atoms with van der Waals surface area (Å²) in [7, 11) is 0. The lowest BCUT2D eigenvalue weighted by Gasteiger charge is -2.05. The minimum absolute atomic E-state index is 0.0318. The highest BCUT2D eigenvalue weighted by Crippen LogP contribution is 2.27. The van der Waals surface area contributed by atoms with E-state index in [2.05, 4.69) is 20.9 Å². The zero-order chi connectivity index (χ0) is 10.7. The summed E-state index contributed by atoms with van der Waals surface area (Å²) in [5.41, 5.74) is -0.362. The van der Waals surface area contributed by atoms with E-state index in [1.807, 2.05) is 0 Å². The number of nitrogens with zero attached hydrogens (tertiary/aromatic N) is 2. The number of nitriles is 1. The largest absolute Gasteiger partial charge is 0.281 e. The number of alkyl halides is 3. The van der Waals surface area contributed by atoms with Crippen molar-refractivity contribution < 1.29 is 8.78 Å². The predicted octanol–water partition coefficient (Wildman–Crippen LogP) is 3.39. The van der Waals surface area contributed by atoms with Crippen molar-refractivity contribution in [3.8, 4) is 6.07 Å². The first-order chi connectivity index (χ1) is 6.60. The first-order valence-corrected chi connectivity index (χ1v) is 4.86. The summed E-state index contributed by atoms with van der Waals surface area (Å²) in [4.78, 5) is 3.59. The lowest BCUT2D eigenvalue weighted by molar-refractivity contribution is 0.145. The second-order valence-electron chi connectivity index (χ2n) is 2.40. The highest BCUT2D eigenvalue weighted by atomic mass is 79.9. The Labute approximate surface area is 92.6 Å². The first-order valence-electron chi connectivity index (χ1n) is 3.53. The zero-order valence-electron chi connectivity index (χ0n) is 6.77. The Balaban J connectivity index is 3.37. The summed E-state index contributed by atoms with van der Waals surface area (Å²) in [5, 5.41) is 8.63. The van der Waals surface area contributed by atoms with Crippen molar-refractivity contribution in [2.24, 2.45) is 0 Å². The van der Waals surface area contributed by atoms with Crippen LogP contribution in [0.2, 0.25) is 0 Å². The predicted molar refractivity (Wildman–Crippen MR) is 51.2 cm³/mol. The van der Waals surface area contributed by atoms with E-state index in [0.717, 1.165) is 0 Å². The smallest absolute Gasteiger partial charge is 0.249 e. The molecule has 0 aliphatic heterocycles. The van der Waals surface area contributed by atoms with Crippen molar-refractivity contribution in [1.82, 2.24) is 4.98 Å². The Morgan fingerprint density at radius 1 is 1.64 bits per heavy atom. The molecule has 0 N–H and O–H groups in total. The third-order valence-corrected chi connectivity index (χ3v) is 2.41. The van der Waals surface area contributed by atoms with Crippen molar-refractivity contribution in [3.63, 3.8) is 0 Å². The van der Waals surface area contributed by atoms with Crippen LogP contribution in [0.5, 0.6) is 0 Å². The maximum Gasteiger partial charge on any atom is 0.281 e. The lowest BCUT2D eigenvalue weighted by Crippen LogP contribution is -1.99. The third kappa shape index (κ3) is 2.20. The molecule has 1 aromatic rings.